The topological polar surface area (TPSA) is 108 Å². The van der Waals surface area contributed by atoms with Gasteiger partial charge in [0, 0.05) is 23.6 Å². The number of hydrogen-bond donors (Lipinski definition) is 2. The fourth-order valence-corrected chi connectivity index (χ4v) is 2.21. The second kappa shape index (κ2) is 4.96. The number of nitrogens with zero attached hydrogens (tertiary/aromatic N) is 2. The monoisotopic (exact) mass is 328 g/mol. The van der Waals surface area contributed by atoms with Crippen LogP contribution < -0.4 is 4.90 Å². The van der Waals surface area contributed by atoms with Gasteiger partial charge in [-0.05, 0) is 22.0 Å². The summed E-state index contributed by atoms with van der Waals surface area (Å²) in [6.07, 6.45) is 1.22. The van der Waals surface area contributed by atoms with E-state index in [1.165, 1.54) is 12.3 Å². The standard InChI is InChI=1S/C11H9BrN2O5/c12-6-2-7(11(18)19)9(13-3-6)14-4-5(10(16)17)1-8(14)15/h2-3,5H,1,4H2,(H,16,17)(H,18,19). The van der Waals surface area contributed by atoms with E-state index in [9.17, 15) is 14.4 Å². The van der Waals surface area contributed by atoms with Crippen LogP contribution in [0.1, 0.15) is 16.8 Å². The van der Waals surface area contributed by atoms with Gasteiger partial charge in [-0.15, -0.1) is 0 Å². The number of amides is 1. The van der Waals surface area contributed by atoms with Crippen LogP contribution >= 0.6 is 15.9 Å². The van der Waals surface area contributed by atoms with Crippen LogP contribution in [0, 0.1) is 5.92 Å². The van der Waals surface area contributed by atoms with Crippen molar-refractivity contribution in [2.75, 3.05) is 11.4 Å². The van der Waals surface area contributed by atoms with Gasteiger partial charge in [0.15, 0.2) is 0 Å². The first-order valence-corrected chi connectivity index (χ1v) is 6.11. The summed E-state index contributed by atoms with van der Waals surface area (Å²) < 4.78 is 0.468. The van der Waals surface area contributed by atoms with Gasteiger partial charge < -0.3 is 10.2 Å². The summed E-state index contributed by atoms with van der Waals surface area (Å²) >= 11 is 3.10. The van der Waals surface area contributed by atoms with E-state index < -0.39 is 23.8 Å². The molecule has 0 bridgehead atoms. The van der Waals surface area contributed by atoms with Gasteiger partial charge in [-0.3, -0.25) is 14.5 Å². The van der Waals surface area contributed by atoms with Gasteiger partial charge in [0.25, 0.3) is 0 Å². The maximum atomic E-state index is 11.8. The third-order valence-electron chi connectivity index (χ3n) is 2.79. The second-order valence-corrected chi connectivity index (χ2v) is 4.99. The highest BCUT2D eigenvalue weighted by atomic mass is 79.9. The summed E-state index contributed by atoms with van der Waals surface area (Å²) in [6, 6.07) is 1.33. The van der Waals surface area contributed by atoms with Gasteiger partial charge in [-0.25, -0.2) is 9.78 Å². The van der Waals surface area contributed by atoms with E-state index in [0.29, 0.717) is 4.47 Å². The normalized spacial score (nSPS) is 18.7. The number of anilines is 1. The molecule has 1 aromatic rings. The molecule has 1 saturated heterocycles. The van der Waals surface area contributed by atoms with Crippen molar-refractivity contribution in [3.8, 4) is 0 Å². The Bertz CT molecular complexity index is 574. The van der Waals surface area contributed by atoms with E-state index in [-0.39, 0.29) is 24.3 Å². The first-order valence-electron chi connectivity index (χ1n) is 5.32. The van der Waals surface area contributed by atoms with Gasteiger partial charge in [0.2, 0.25) is 5.91 Å². The highest BCUT2D eigenvalue weighted by Gasteiger charge is 2.37. The van der Waals surface area contributed by atoms with Crippen LogP contribution in [0.25, 0.3) is 0 Å². The molecule has 1 amide bonds. The molecule has 0 aliphatic carbocycles. The van der Waals surface area contributed by atoms with E-state index >= 15 is 0 Å². The highest BCUT2D eigenvalue weighted by Crippen LogP contribution is 2.28. The SMILES string of the molecule is O=C(O)c1cc(Br)cnc1N1CC(C(=O)O)CC1=O. The summed E-state index contributed by atoms with van der Waals surface area (Å²) in [5.74, 6) is -3.60. The maximum absolute atomic E-state index is 11.8. The average molecular weight is 329 g/mol. The lowest BCUT2D eigenvalue weighted by atomic mass is 10.1. The molecule has 2 rings (SSSR count). The molecule has 2 N–H and O–H groups in total. The van der Waals surface area contributed by atoms with E-state index in [0.717, 1.165) is 4.90 Å². The van der Waals surface area contributed by atoms with Crippen molar-refractivity contribution in [2.45, 2.75) is 6.42 Å². The van der Waals surface area contributed by atoms with Crippen molar-refractivity contribution in [2.24, 2.45) is 5.92 Å². The van der Waals surface area contributed by atoms with E-state index in [1.54, 1.807) is 0 Å². The first kappa shape index (κ1) is 13.5. The van der Waals surface area contributed by atoms with Crippen LogP contribution in [-0.4, -0.2) is 39.6 Å². The number of carbonyl (C=O) groups is 3. The van der Waals surface area contributed by atoms with Crippen molar-refractivity contribution < 1.29 is 24.6 Å². The zero-order valence-electron chi connectivity index (χ0n) is 9.54. The number of carboxylic acids is 2. The molecular formula is C11H9BrN2O5. The van der Waals surface area contributed by atoms with Crippen LogP contribution in [0.2, 0.25) is 0 Å². The molecule has 1 unspecified atom stereocenters. The number of carbonyl (C=O) groups excluding carboxylic acids is 1. The molecule has 7 nitrogen and oxygen atoms in total. The quantitative estimate of drug-likeness (QED) is 0.856. The Balaban J connectivity index is 2.40. The third-order valence-corrected chi connectivity index (χ3v) is 3.23. The Kier molecular flexibility index (Phi) is 3.52. The molecule has 1 aliphatic rings. The lowest BCUT2D eigenvalue weighted by molar-refractivity contribution is -0.141. The summed E-state index contributed by atoms with van der Waals surface area (Å²) in [7, 11) is 0. The van der Waals surface area contributed by atoms with Crippen molar-refractivity contribution in [3.05, 3.63) is 22.3 Å². The minimum atomic E-state index is -1.23. The predicted octanol–water partition coefficient (Wildman–Crippen LogP) is 0.980. The lowest BCUT2D eigenvalue weighted by Gasteiger charge is -2.17. The number of pyridine rings is 1. The number of aliphatic carboxylic acids is 1. The highest BCUT2D eigenvalue weighted by molar-refractivity contribution is 9.10. The molecule has 1 aromatic heterocycles. The average Bonchev–Trinajstić information content (AvgIpc) is 2.71. The largest absolute Gasteiger partial charge is 0.481 e. The number of hydrogen-bond acceptors (Lipinski definition) is 4. The summed E-state index contributed by atoms with van der Waals surface area (Å²) in [4.78, 5) is 38.8. The van der Waals surface area contributed by atoms with Gasteiger partial charge in [-0.1, -0.05) is 0 Å². The zero-order chi connectivity index (χ0) is 14.2. The molecule has 0 saturated carbocycles. The van der Waals surface area contributed by atoms with Crippen molar-refractivity contribution in [1.82, 2.24) is 4.98 Å². The van der Waals surface area contributed by atoms with Gasteiger partial charge in [0.1, 0.15) is 11.4 Å². The Labute approximate surface area is 116 Å². The van der Waals surface area contributed by atoms with Crippen LogP contribution in [0.4, 0.5) is 5.82 Å². The minimum absolute atomic E-state index is 0.0237. The number of aromatic carboxylic acids is 1. The minimum Gasteiger partial charge on any atom is -0.481 e. The Hall–Kier alpha value is -1.96. The van der Waals surface area contributed by atoms with Crippen molar-refractivity contribution in [3.63, 3.8) is 0 Å². The van der Waals surface area contributed by atoms with E-state index in [4.69, 9.17) is 10.2 Å². The second-order valence-electron chi connectivity index (χ2n) is 4.07. The van der Waals surface area contributed by atoms with Crippen LogP contribution in [0.3, 0.4) is 0 Å². The molecule has 0 aromatic carbocycles. The molecule has 8 heteroatoms. The summed E-state index contributed by atoms with van der Waals surface area (Å²) in [5, 5.41) is 18.0. The molecule has 19 heavy (non-hydrogen) atoms. The van der Waals surface area contributed by atoms with Crippen LogP contribution in [0.15, 0.2) is 16.7 Å². The van der Waals surface area contributed by atoms with Crippen molar-refractivity contribution in [1.29, 1.82) is 0 Å². The Morgan fingerprint density at radius 3 is 2.63 bits per heavy atom. The molecule has 0 radical (unpaired) electrons. The molecular weight excluding hydrogens is 320 g/mol. The van der Waals surface area contributed by atoms with Gasteiger partial charge >= 0.3 is 11.9 Å². The molecule has 1 aliphatic heterocycles. The van der Waals surface area contributed by atoms with E-state index in [1.807, 2.05) is 0 Å². The molecule has 2 heterocycles. The fraction of sp³-hybridized carbons (Fsp3) is 0.273. The van der Waals surface area contributed by atoms with Crippen LogP contribution in [0.5, 0.6) is 0 Å². The van der Waals surface area contributed by atoms with Crippen molar-refractivity contribution >= 4 is 39.6 Å². The molecule has 1 fully saturated rings. The number of halogens is 1. The third kappa shape index (κ3) is 2.58. The smallest absolute Gasteiger partial charge is 0.339 e. The Morgan fingerprint density at radius 2 is 2.11 bits per heavy atom. The summed E-state index contributed by atoms with van der Waals surface area (Å²) in [5.41, 5.74) is -0.145. The zero-order valence-corrected chi connectivity index (χ0v) is 11.1. The van der Waals surface area contributed by atoms with E-state index in [2.05, 4.69) is 20.9 Å². The number of carboxylic acid groups (broad SMARTS) is 2. The molecule has 1 atom stereocenters. The number of aromatic nitrogens is 1. The predicted molar refractivity (Wildman–Crippen MR) is 67.0 cm³/mol. The Morgan fingerprint density at radius 1 is 1.42 bits per heavy atom. The van der Waals surface area contributed by atoms with Gasteiger partial charge in [-0.2, -0.15) is 0 Å². The first-order chi connectivity index (χ1) is 8.90. The van der Waals surface area contributed by atoms with Crippen LogP contribution in [-0.2, 0) is 9.59 Å². The van der Waals surface area contributed by atoms with Gasteiger partial charge in [0.05, 0.1) is 5.92 Å². The number of rotatable bonds is 3. The fourth-order valence-electron chi connectivity index (χ4n) is 1.88. The maximum Gasteiger partial charge on any atom is 0.339 e. The summed E-state index contributed by atoms with van der Waals surface area (Å²) in [6.45, 7) is -0.0664. The lowest BCUT2D eigenvalue weighted by Crippen LogP contribution is -2.28. The molecule has 0 spiro atoms. The molecule has 100 valence electrons.